The molecule has 0 radical (unpaired) electrons. The summed E-state index contributed by atoms with van der Waals surface area (Å²) in [5.74, 6) is -1.13. The summed E-state index contributed by atoms with van der Waals surface area (Å²) >= 11 is 0. The van der Waals surface area contributed by atoms with E-state index in [1.807, 2.05) is 5.32 Å². The lowest BCUT2D eigenvalue weighted by atomic mass is 9.87. The van der Waals surface area contributed by atoms with Gasteiger partial charge in [0, 0.05) is 6.42 Å². The highest BCUT2D eigenvalue weighted by Gasteiger charge is 2.46. The maximum absolute atomic E-state index is 12.1. The van der Waals surface area contributed by atoms with Crippen LogP contribution in [0.2, 0.25) is 0 Å². The van der Waals surface area contributed by atoms with E-state index in [0.29, 0.717) is 0 Å². The average molecular weight is 345 g/mol. The summed E-state index contributed by atoms with van der Waals surface area (Å²) in [5.41, 5.74) is 8.30. The summed E-state index contributed by atoms with van der Waals surface area (Å²) in [4.78, 5) is 22.6. The molecule has 0 aliphatic heterocycles. The number of ether oxygens (including phenoxy) is 1. The topological polar surface area (TPSA) is 148 Å². The van der Waals surface area contributed by atoms with Crippen LogP contribution < -0.4 is 16.8 Å². The molecule has 11 heteroatoms. The number of carbonyl (C=O) groups excluding carboxylic acids is 2. The van der Waals surface area contributed by atoms with Crippen molar-refractivity contribution in [2.24, 2.45) is 11.5 Å². The third-order valence-corrected chi connectivity index (χ3v) is 3.06. The molecule has 0 aromatic rings. The molecule has 0 aromatic carbocycles. The van der Waals surface area contributed by atoms with Gasteiger partial charge in [0.2, 0.25) is 0 Å². The van der Waals surface area contributed by atoms with Crippen LogP contribution in [-0.2, 0) is 9.53 Å². The summed E-state index contributed by atoms with van der Waals surface area (Å²) in [6.45, 7) is 0.718. The molecule has 0 aromatic heterocycles. The molecule has 0 saturated carbocycles. The van der Waals surface area contributed by atoms with Crippen LogP contribution >= 0.6 is 0 Å². The quantitative estimate of drug-likeness (QED) is 0.351. The molecular weight excluding hydrogens is 323 g/mol. The van der Waals surface area contributed by atoms with Gasteiger partial charge in [-0.05, 0) is 19.8 Å². The van der Waals surface area contributed by atoms with Crippen LogP contribution in [0.5, 0.6) is 0 Å². The van der Waals surface area contributed by atoms with Gasteiger partial charge in [-0.15, -0.1) is 0 Å². The van der Waals surface area contributed by atoms with Gasteiger partial charge in [-0.2, -0.15) is 13.2 Å². The van der Waals surface area contributed by atoms with Crippen LogP contribution in [0.15, 0.2) is 0 Å². The molecule has 0 fully saturated rings. The van der Waals surface area contributed by atoms with Crippen molar-refractivity contribution in [1.29, 1.82) is 0 Å². The molecule has 7 N–H and O–H groups in total. The van der Waals surface area contributed by atoms with Crippen molar-refractivity contribution >= 4 is 12.0 Å². The number of primary amides is 1. The van der Waals surface area contributed by atoms with Crippen molar-refractivity contribution in [2.45, 2.75) is 50.1 Å². The Bertz CT molecular complexity index is 408. The number of esters is 1. The van der Waals surface area contributed by atoms with E-state index >= 15 is 0 Å². The van der Waals surface area contributed by atoms with Gasteiger partial charge in [-0.3, -0.25) is 0 Å². The molecule has 2 amide bonds. The van der Waals surface area contributed by atoms with Crippen LogP contribution in [-0.4, -0.2) is 59.3 Å². The molecular formula is C12H22F3N3O5. The average Bonchev–Trinajstić information content (AvgIpc) is 2.42. The molecule has 0 spiro atoms. The van der Waals surface area contributed by atoms with Crippen molar-refractivity contribution in [3.05, 3.63) is 0 Å². The number of carbonyl (C=O) groups is 2. The normalized spacial score (nSPS) is 17.0. The van der Waals surface area contributed by atoms with Crippen molar-refractivity contribution in [3.8, 4) is 0 Å². The largest absolute Gasteiger partial charge is 0.464 e. The summed E-state index contributed by atoms with van der Waals surface area (Å²) in [6.07, 6.45) is -10.2. The van der Waals surface area contributed by atoms with E-state index in [1.165, 1.54) is 6.92 Å². The highest BCUT2D eigenvalue weighted by atomic mass is 19.4. The van der Waals surface area contributed by atoms with Crippen LogP contribution in [0.3, 0.4) is 0 Å². The maximum Gasteiger partial charge on any atom is 0.389 e. The first kappa shape index (κ1) is 21.4. The number of halogens is 3. The molecule has 3 atom stereocenters. The molecule has 23 heavy (non-hydrogen) atoms. The molecule has 0 aliphatic carbocycles. The van der Waals surface area contributed by atoms with Gasteiger partial charge in [0.1, 0.15) is 6.10 Å². The van der Waals surface area contributed by atoms with E-state index in [0.717, 1.165) is 0 Å². The number of nitrogens with one attached hydrogen (secondary N) is 1. The number of aliphatic hydroxyl groups is 2. The molecule has 8 nitrogen and oxygen atoms in total. The Morgan fingerprint density at radius 3 is 2.30 bits per heavy atom. The minimum absolute atomic E-state index is 0.0920. The summed E-state index contributed by atoms with van der Waals surface area (Å²) in [7, 11) is 0. The van der Waals surface area contributed by atoms with Crippen molar-refractivity contribution in [1.82, 2.24) is 5.32 Å². The lowest BCUT2D eigenvalue weighted by Gasteiger charge is -2.34. The Morgan fingerprint density at radius 1 is 1.30 bits per heavy atom. The fraction of sp³-hybridized carbons (Fsp3) is 0.833. The predicted molar refractivity (Wildman–Crippen MR) is 73.1 cm³/mol. The van der Waals surface area contributed by atoms with E-state index < -0.39 is 61.7 Å². The Labute approximate surface area is 131 Å². The molecule has 136 valence electrons. The molecule has 0 heterocycles. The van der Waals surface area contributed by atoms with Crippen LogP contribution in [0, 0.1) is 0 Å². The van der Waals surface area contributed by atoms with Gasteiger partial charge in [0.05, 0.1) is 19.3 Å². The van der Waals surface area contributed by atoms with Crippen LogP contribution in [0.4, 0.5) is 18.0 Å². The number of amides is 2. The van der Waals surface area contributed by atoms with Crippen molar-refractivity contribution in [2.75, 3.05) is 13.2 Å². The lowest BCUT2D eigenvalue weighted by Crippen LogP contribution is -2.67. The van der Waals surface area contributed by atoms with Gasteiger partial charge in [0.25, 0.3) is 0 Å². The van der Waals surface area contributed by atoms with Crippen LogP contribution in [0.25, 0.3) is 0 Å². The minimum Gasteiger partial charge on any atom is -0.464 e. The number of alkyl halides is 3. The van der Waals surface area contributed by atoms with E-state index in [4.69, 9.17) is 11.5 Å². The Kier molecular flexibility index (Phi) is 8.28. The summed E-state index contributed by atoms with van der Waals surface area (Å²) in [5, 5.41) is 21.8. The number of hydrogen-bond acceptors (Lipinski definition) is 6. The zero-order valence-electron chi connectivity index (χ0n) is 12.6. The van der Waals surface area contributed by atoms with Gasteiger partial charge in [0.15, 0.2) is 5.54 Å². The Morgan fingerprint density at radius 2 is 1.87 bits per heavy atom. The number of nitrogens with two attached hydrogens (primary N) is 2. The third kappa shape index (κ3) is 7.48. The standard InChI is InChI=1S/C12H22F3N3O5/c1-2-23-9(21)11(17,6-18-10(16)22)8(20)7(19)4-3-5-12(13,14)15/h7-8,19-20H,2-6,17H2,1H3,(H3,16,18,22). The zero-order valence-corrected chi connectivity index (χ0v) is 12.6. The van der Waals surface area contributed by atoms with E-state index in [2.05, 4.69) is 4.74 Å². The van der Waals surface area contributed by atoms with E-state index in [-0.39, 0.29) is 6.61 Å². The van der Waals surface area contributed by atoms with Crippen LogP contribution in [0.1, 0.15) is 26.2 Å². The molecule has 0 rings (SSSR count). The van der Waals surface area contributed by atoms with E-state index in [1.54, 1.807) is 0 Å². The number of aliphatic hydroxyl groups excluding tert-OH is 2. The lowest BCUT2D eigenvalue weighted by molar-refractivity contribution is -0.159. The predicted octanol–water partition coefficient (Wildman–Crippen LogP) is -0.630. The highest BCUT2D eigenvalue weighted by Crippen LogP contribution is 2.24. The highest BCUT2D eigenvalue weighted by molar-refractivity contribution is 5.83. The fourth-order valence-electron chi connectivity index (χ4n) is 1.81. The van der Waals surface area contributed by atoms with Gasteiger partial charge in [-0.1, -0.05) is 0 Å². The molecule has 0 aliphatic rings. The SMILES string of the molecule is CCOC(=O)C(N)(CNC(N)=O)C(O)C(O)CCCC(F)(F)F. The summed E-state index contributed by atoms with van der Waals surface area (Å²) < 4.78 is 40.9. The van der Waals surface area contributed by atoms with Gasteiger partial charge >= 0.3 is 18.2 Å². The molecule has 0 bridgehead atoms. The van der Waals surface area contributed by atoms with Gasteiger partial charge in [-0.25, -0.2) is 9.59 Å². The zero-order chi connectivity index (χ0) is 18.3. The van der Waals surface area contributed by atoms with Crippen molar-refractivity contribution in [3.63, 3.8) is 0 Å². The number of rotatable bonds is 9. The first-order valence-electron chi connectivity index (χ1n) is 6.86. The first-order chi connectivity index (χ1) is 10.4. The van der Waals surface area contributed by atoms with Crippen molar-refractivity contribution < 1.29 is 37.7 Å². The Balaban J connectivity index is 4.92. The molecule has 0 saturated heterocycles. The second kappa shape index (κ2) is 8.89. The second-order valence-corrected chi connectivity index (χ2v) is 5.00. The third-order valence-electron chi connectivity index (χ3n) is 3.06. The van der Waals surface area contributed by atoms with Gasteiger partial charge < -0.3 is 31.7 Å². The summed E-state index contributed by atoms with van der Waals surface area (Å²) in [6, 6.07) is -1.04. The monoisotopic (exact) mass is 345 g/mol. The molecule has 3 unspecified atom stereocenters. The Hall–Kier alpha value is -1.59. The minimum atomic E-state index is -4.40. The number of urea groups is 1. The smallest absolute Gasteiger partial charge is 0.389 e. The second-order valence-electron chi connectivity index (χ2n) is 5.00. The van der Waals surface area contributed by atoms with E-state index in [9.17, 15) is 33.0 Å². The number of hydrogen-bond donors (Lipinski definition) is 5. The first-order valence-corrected chi connectivity index (χ1v) is 6.86. The fourth-order valence-corrected chi connectivity index (χ4v) is 1.81. The maximum atomic E-state index is 12.1.